The van der Waals surface area contributed by atoms with Crippen LogP contribution < -0.4 is 14.9 Å². The fourth-order valence-electron chi connectivity index (χ4n) is 2.57. The lowest BCUT2D eigenvalue weighted by molar-refractivity contribution is -0.123. The van der Waals surface area contributed by atoms with Crippen molar-refractivity contribution in [3.63, 3.8) is 0 Å². The zero-order valence-corrected chi connectivity index (χ0v) is 26.8. The van der Waals surface area contributed by atoms with E-state index in [4.69, 9.17) is 9.47 Å². The summed E-state index contributed by atoms with van der Waals surface area (Å²) in [5.41, 5.74) is 3.32. The number of ether oxygens (including phenoxy) is 2. The molecule has 0 heterocycles. The number of rotatable bonds is 7. The maximum absolute atomic E-state index is 12.7. The molecule has 0 atom stereocenters. The SMILES string of the molecule is O=C(COc1c(Br)cc(Br)cc1Br)N/N=C\c1cc(Br)cc(Br)c1OC(=O)c1ccccc1I. The number of hydrogen-bond acceptors (Lipinski definition) is 5. The Morgan fingerprint density at radius 3 is 2.15 bits per heavy atom. The van der Waals surface area contributed by atoms with E-state index in [1.54, 1.807) is 36.4 Å². The van der Waals surface area contributed by atoms with Crippen LogP contribution in [0.15, 0.2) is 76.0 Å². The largest absolute Gasteiger partial charge is 0.481 e. The number of nitrogens with zero attached hydrogens (tertiary/aromatic N) is 1. The van der Waals surface area contributed by atoms with Gasteiger partial charge < -0.3 is 9.47 Å². The summed E-state index contributed by atoms with van der Waals surface area (Å²) >= 11 is 19.1. The molecular formula is C22H12Br5IN2O4. The van der Waals surface area contributed by atoms with Crippen LogP contribution in [0.1, 0.15) is 15.9 Å². The summed E-state index contributed by atoms with van der Waals surface area (Å²) in [6, 6.07) is 14.2. The van der Waals surface area contributed by atoms with E-state index in [9.17, 15) is 9.59 Å². The lowest BCUT2D eigenvalue weighted by Gasteiger charge is -2.11. The first-order valence-electron chi connectivity index (χ1n) is 9.20. The zero-order chi connectivity index (χ0) is 24.8. The fourth-order valence-corrected chi connectivity index (χ4v) is 7.00. The molecule has 0 aromatic heterocycles. The normalized spacial score (nSPS) is 10.9. The number of carbonyl (C=O) groups is 2. The van der Waals surface area contributed by atoms with E-state index in [-0.39, 0.29) is 12.4 Å². The van der Waals surface area contributed by atoms with Crippen LogP contribution in [0, 0.1) is 3.57 Å². The molecule has 0 fully saturated rings. The number of benzene rings is 3. The Kier molecular flexibility index (Phi) is 10.6. The van der Waals surface area contributed by atoms with Gasteiger partial charge in [-0.15, -0.1) is 0 Å². The van der Waals surface area contributed by atoms with Crippen molar-refractivity contribution >= 4 is 120 Å². The van der Waals surface area contributed by atoms with E-state index in [1.807, 2.05) is 12.1 Å². The number of nitrogens with one attached hydrogen (secondary N) is 1. The third-order valence-corrected chi connectivity index (χ3v) is 7.65. The molecule has 0 spiro atoms. The van der Waals surface area contributed by atoms with E-state index in [0.717, 1.165) is 12.5 Å². The lowest BCUT2D eigenvalue weighted by atomic mass is 10.2. The summed E-state index contributed by atoms with van der Waals surface area (Å²) in [5, 5.41) is 3.98. The van der Waals surface area contributed by atoms with Gasteiger partial charge in [0.05, 0.1) is 25.2 Å². The first-order chi connectivity index (χ1) is 16.2. The molecule has 0 saturated heterocycles. The highest BCUT2D eigenvalue weighted by molar-refractivity contribution is 14.1. The molecule has 176 valence electrons. The highest BCUT2D eigenvalue weighted by Crippen LogP contribution is 2.36. The van der Waals surface area contributed by atoms with Gasteiger partial charge in [-0.2, -0.15) is 5.10 Å². The molecule has 0 radical (unpaired) electrons. The smallest absolute Gasteiger partial charge is 0.344 e. The van der Waals surface area contributed by atoms with Crippen molar-refractivity contribution in [2.75, 3.05) is 6.61 Å². The van der Waals surface area contributed by atoms with Crippen LogP contribution in [0.2, 0.25) is 0 Å². The number of hydrogen-bond donors (Lipinski definition) is 1. The quantitative estimate of drug-likeness (QED) is 0.0863. The number of hydrazone groups is 1. The summed E-state index contributed by atoms with van der Waals surface area (Å²) < 4.78 is 15.5. The van der Waals surface area contributed by atoms with Crippen molar-refractivity contribution in [1.29, 1.82) is 0 Å². The highest BCUT2D eigenvalue weighted by atomic mass is 127. The molecule has 6 nitrogen and oxygen atoms in total. The average Bonchev–Trinajstić information content (AvgIpc) is 2.75. The molecule has 34 heavy (non-hydrogen) atoms. The number of carbonyl (C=O) groups excluding carboxylic acids is 2. The first-order valence-corrected chi connectivity index (χ1v) is 14.2. The van der Waals surface area contributed by atoms with Gasteiger partial charge in [0.25, 0.3) is 5.91 Å². The highest BCUT2D eigenvalue weighted by Gasteiger charge is 2.17. The molecule has 0 unspecified atom stereocenters. The molecule has 0 aliphatic carbocycles. The number of amides is 1. The standard InChI is InChI=1S/C22H12Br5IN2O4/c23-12-5-11(20(15(25)6-12)34-22(32)14-3-1-2-4-18(14)28)9-29-30-19(31)10-33-21-16(26)7-13(24)8-17(21)27/h1-9H,10H2,(H,30,31)/b29-9-. The lowest BCUT2D eigenvalue weighted by Crippen LogP contribution is -2.24. The van der Waals surface area contributed by atoms with Crippen LogP contribution in [0.3, 0.4) is 0 Å². The van der Waals surface area contributed by atoms with Gasteiger partial charge in [0.15, 0.2) is 12.4 Å². The van der Waals surface area contributed by atoms with Crippen molar-refractivity contribution in [3.05, 3.63) is 85.6 Å². The van der Waals surface area contributed by atoms with E-state index in [1.165, 1.54) is 6.21 Å². The molecule has 1 N–H and O–H groups in total. The van der Waals surface area contributed by atoms with Gasteiger partial charge in [-0.05, 0) is 107 Å². The van der Waals surface area contributed by atoms with Crippen LogP contribution in [-0.2, 0) is 4.79 Å². The van der Waals surface area contributed by atoms with Crippen molar-refractivity contribution in [1.82, 2.24) is 5.43 Å². The van der Waals surface area contributed by atoms with Gasteiger partial charge in [0.2, 0.25) is 0 Å². The number of esters is 1. The average molecular weight is 895 g/mol. The molecular weight excluding hydrogens is 883 g/mol. The third kappa shape index (κ3) is 7.60. The Bertz CT molecular complexity index is 1260. The van der Waals surface area contributed by atoms with Gasteiger partial charge in [0, 0.05) is 18.1 Å². The maximum atomic E-state index is 12.7. The Labute approximate surface area is 251 Å². The van der Waals surface area contributed by atoms with Crippen molar-refractivity contribution in [2.45, 2.75) is 0 Å². The summed E-state index contributed by atoms with van der Waals surface area (Å²) in [6.07, 6.45) is 1.39. The van der Waals surface area contributed by atoms with Gasteiger partial charge in [-0.1, -0.05) is 44.0 Å². The Hall–Kier alpha value is -0.800. The van der Waals surface area contributed by atoms with Gasteiger partial charge >= 0.3 is 5.97 Å². The Morgan fingerprint density at radius 2 is 1.50 bits per heavy atom. The summed E-state index contributed by atoms with van der Waals surface area (Å²) in [4.78, 5) is 24.9. The van der Waals surface area contributed by atoms with E-state index >= 15 is 0 Å². The first kappa shape index (κ1) is 27.8. The van der Waals surface area contributed by atoms with Gasteiger partial charge in [0.1, 0.15) is 5.75 Å². The van der Waals surface area contributed by atoms with E-state index in [2.05, 4.69) is 113 Å². The third-order valence-electron chi connectivity index (χ3n) is 4.03. The summed E-state index contributed by atoms with van der Waals surface area (Å²) in [7, 11) is 0. The minimum atomic E-state index is -0.509. The minimum Gasteiger partial charge on any atom is -0.481 e. The zero-order valence-electron chi connectivity index (χ0n) is 16.8. The molecule has 0 aliphatic rings. The van der Waals surface area contributed by atoms with Crippen LogP contribution in [0.5, 0.6) is 11.5 Å². The Balaban J connectivity index is 1.70. The van der Waals surface area contributed by atoms with Gasteiger partial charge in [-0.25, -0.2) is 10.2 Å². The predicted octanol–water partition coefficient (Wildman–Crippen LogP) is 7.85. The maximum Gasteiger partial charge on any atom is 0.344 e. The van der Waals surface area contributed by atoms with Crippen LogP contribution in [0.4, 0.5) is 0 Å². The van der Waals surface area contributed by atoms with Crippen LogP contribution in [0.25, 0.3) is 0 Å². The topological polar surface area (TPSA) is 77.0 Å². The van der Waals surface area contributed by atoms with Crippen molar-refractivity contribution in [3.8, 4) is 11.5 Å². The van der Waals surface area contributed by atoms with Crippen LogP contribution in [-0.4, -0.2) is 24.7 Å². The molecule has 0 saturated carbocycles. The Morgan fingerprint density at radius 1 is 0.912 bits per heavy atom. The molecule has 0 bridgehead atoms. The number of halogens is 6. The minimum absolute atomic E-state index is 0.257. The predicted molar refractivity (Wildman–Crippen MR) is 157 cm³/mol. The van der Waals surface area contributed by atoms with E-state index in [0.29, 0.717) is 30.3 Å². The summed E-state index contributed by atoms with van der Waals surface area (Å²) in [5.74, 6) is -0.219. The molecule has 3 aromatic rings. The van der Waals surface area contributed by atoms with Crippen LogP contribution >= 0.6 is 102 Å². The van der Waals surface area contributed by atoms with Crippen molar-refractivity contribution < 1.29 is 19.1 Å². The second-order valence-electron chi connectivity index (χ2n) is 6.46. The molecule has 1 amide bonds. The monoisotopic (exact) mass is 890 g/mol. The molecule has 0 aliphatic heterocycles. The summed E-state index contributed by atoms with van der Waals surface area (Å²) in [6.45, 7) is -0.257. The van der Waals surface area contributed by atoms with E-state index < -0.39 is 11.9 Å². The molecule has 12 heteroatoms. The fraction of sp³-hybridized carbons (Fsp3) is 0.0455. The molecule has 3 aromatic carbocycles. The van der Waals surface area contributed by atoms with Gasteiger partial charge in [-0.3, -0.25) is 4.79 Å². The van der Waals surface area contributed by atoms with Crippen molar-refractivity contribution in [2.24, 2.45) is 5.10 Å². The molecule has 3 rings (SSSR count). The second kappa shape index (κ2) is 12.9. The second-order valence-corrected chi connectivity index (χ2v) is 12.0.